The van der Waals surface area contributed by atoms with Crippen molar-refractivity contribution in [1.29, 1.82) is 0 Å². The van der Waals surface area contributed by atoms with Crippen LogP contribution in [0.5, 0.6) is 0 Å². The number of alkyl halides is 3. The molecule has 4 heteroatoms. The van der Waals surface area contributed by atoms with Crippen LogP contribution in [0.25, 0.3) is 0 Å². The molecular formula is C10H15F3O. The minimum absolute atomic E-state index is 0.00639. The molecule has 0 bridgehead atoms. The highest BCUT2D eigenvalue weighted by Crippen LogP contribution is 2.26. The summed E-state index contributed by atoms with van der Waals surface area (Å²) in [6.45, 7) is 5.88. The Labute approximate surface area is 82.3 Å². The minimum Gasteiger partial charge on any atom is -0.410 e. The van der Waals surface area contributed by atoms with E-state index >= 15 is 0 Å². The third-order valence-electron chi connectivity index (χ3n) is 1.57. The Hall–Kier alpha value is -0.930. The largest absolute Gasteiger partial charge is 0.572 e. The quantitative estimate of drug-likeness (QED) is 0.628. The molecule has 0 unspecified atom stereocenters. The smallest absolute Gasteiger partial charge is 0.410 e. The second-order valence-electron chi connectivity index (χ2n) is 2.69. The van der Waals surface area contributed by atoms with Crippen molar-refractivity contribution in [3.05, 3.63) is 23.5 Å². The molecule has 0 saturated heterocycles. The van der Waals surface area contributed by atoms with Crippen molar-refractivity contribution in [2.45, 2.75) is 40.0 Å². The van der Waals surface area contributed by atoms with E-state index in [0.717, 1.165) is 5.57 Å². The highest BCUT2D eigenvalue weighted by molar-refractivity contribution is 5.19. The van der Waals surface area contributed by atoms with Crippen molar-refractivity contribution >= 4 is 0 Å². The van der Waals surface area contributed by atoms with Crippen molar-refractivity contribution in [2.75, 3.05) is 0 Å². The lowest BCUT2D eigenvalue weighted by molar-refractivity contribution is -0.306. The molecule has 0 radical (unpaired) electrons. The van der Waals surface area contributed by atoms with E-state index in [1.807, 2.05) is 20.8 Å². The Bertz CT molecular complexity index is 226. The van der Waals surface area contributed by atoms with Crippen LogP contribution in [0.3, 0.4) is 0 Å². The molecule has 0 amide bonds. The van der Waals surface area contributed by atoms with E-state index in [1.54, 1.807) is 6.08 Å². The summed E-state index contributed by atoms with van der Waals surface area (Å²) in [5.41, 5.74) is 1.07. The summed E-state index contributed by atoms with van der Waals surface area (Å²) in [5.74, 6) is -0.00639. The summed E-state index contributed by atoms with van der Waals surface area (Å²) in [4.78, 5) is 0. The Morgan fingerprint density at radius 1 is 1.14 bits per heavy atom. The van der Waals surface area contributed by atoms with Crippen LogP contribution in [-0.4, -0.2) is 6.36 Å². The van der Waals surface area contributed by atoms with Gasteiger partial charge in [-0.1, -0.05) is 25.5 Å². The van der Waals surface area contributed by atoms with Crippen LogP contribution in [0, 0.1) is 0 Å². The lowest BCUT2D eigenvalue weighted by Gasteiger charge is -2.14. The van der Waals surface area contributed by atoms with Gasteiger partial charge in [0.25, 0.3) is 0 Å². The lowest BCUT2D eigenvalue weighted by Crippen LogP contribution is -2.13. The molecule has 0 spiro atoms. The molecule has 0 saturated carbocycles. The normalized spacial score (nSPS) is 16.1. The molecule has 0 aromatic heterocycles. The van der Waals surface area contributed by atoms with Gasteiger partial charge in [0.05, 0.1) is 0 Å². The first-order chi connectivity index (χ1) is 6.47. The zero-order valence-electron chi connectivity index (χ0n) is 8.61. The second-order valence-corrected chi connectivity index (χ2v) is 2.69. The van der Waals surface area contributed by atoms with Gasteiger partial charge >= 0.3 is 6.36 Å². The molecule has 1 nitrogen and oxygen atoms in total. The molecule has 0 aromatic rings. The van der Waals surface area contributed by atoms with Crippen LogP contribution in [0.4, 0.5) is 13.2 Å². The van der Waals surface area contributed by atoms with Gasteiger partial charge in [-0.25, -0.2) is 0 Å². The molecule has 1 rings (SSSR count). The summed E-state index contributed by atoms with van der Waals surface area (Å²) in [6, 6.07) is 0. The van der Waals surface area contributed by atoms with E-state index in [1.165, 1.54) is 6.08 Å². The fraction of sp³-hybridized carbons (Fsp3) is 0.600. The van der Waals surface area contributed by atoms with Gasteiger partial charge in [0.15, 0.2) is 0 Å². The van der Waals surface area contributed by atoms with Crippen LogP contribution in [0.2, 0.25) is 0 Å². The predicted octanol–water partition coefficient (Wildman–Crippen LogP) is 4.17. The maximum atomic E-state index is 11.7. The van der Waals surface area contributed by atoms with Crippen molar-refractivity contribution in [3.63, 3.8) is 0 Å². The maximum absolute atomic E-state index is 11.7. The van der Waals surface area contributed by atoms with Crippen molar-refractivity contribution in [1.82, 2.24) is 0 Å². The van der Waals surface area contributed by atoms with E-state index in [9.17, 15) is 13.2 Å². The summed E-state index contributed by atoms with van der Waals surface area (Å²) < 4.78 is 38.7. The van der Waals surface area contributed by atoms with Gasteiger partial charge in [0.2, 0.25) is 0 Å². The Morgan fingerprint density at radius 2 is 1.71 bits per heavy atom. The van der Waals surface area contributed by atoms with Crippen molar-refractivity contribution < 1.29 is 17.9 Å². The number of hydrogen-bond acceptors (Lipinski definition) is 1. The molecule has 82 valence electrons. The predicted molar refractivity (Wildman–Crippen MR) is 49.6 cm³/mol. The van der Waals surface area contributed by atoms with Gasteiger partial charge in [-0.05, 0) is 19.4 Å². The Balaban J connectivity index is 0.000000791. The van der Waals surface area contributed by atoms with Gasteiger partial charge in [0, 0.05) is 6.42 Å². The van der Waals surface area contributed by atoms with E-state index in [2.05, 4.69) is 4.74 Å². The van der Waals surface area contributed by atoms with Gasteiger partial charge in [-0.15, -0.1) is 13.2 Å². The standard InChI is InChI=1S/C8H9F3O.C2H6/c1-6-2-4-7(5-3-6)12-8(9,10)11;1-2/h2,4H,3,5H2,1H3;1-2H3. The molecule has 0 fully saturated rings. The van der Waals surface area contributed by atoms with E-state index in [0.29, 0.717) is 12.8 Å². The molecular weight excluding hydrogens is 193 g/mol. The van der Waals surface area contributed by atoms with Crippen LogP contribution in [0.15, 0.2) is 23.5 Å². The number of rotatable bonds is 1. The van der Waals surface area contributed by atoms with Crippen LogP contribution >= 0.6 is 0 Å². The molecule has 0 N–H and O–H groups in total. The molecule has 1 aliphatic carbocycles. The van der Waals surface area contributed by atoms with Crippen molar-refractivity contribution in [2.24, 2.45) is 0 Å². The Morgan fingerprint density at radius 3 is 2.07 bits per heavy atom. The SMILES string of the molecule is CC.CC1=CC=C(OC(F)(F)F)CC1. The number of halogens is 3. The zero-order valence-corrected chi connectivity index (χ0v) is 8.61. The summed E-state index contributed by atoms with van der Waals surface area (Å²) >= 11 is 0. The maximum Gasteiger partial charge on any atom is 0.572 e. The first kappa shape index (κ1) is 13.1. The monoisotopic (exact) mass is 208 g/mol. The Kier molecular flexibility index (Phi) is 5.35. The number of ether oxygens (including phenoxy) is 1. The third-order valence-corrected chi connectivity index (χ3v) is 1.57. The zero-order chi connectivity index (χ0) is 11.2. The van der Waals surface area contributed by atoms with Gasteiger partial charge < -0.3 is 4.74 Å². The van der Waals surface area contributed by atoms with Gasteiger partial charge in [-0.2, -0.15) is 0 Å². The number of hydrogen-bond donors (Lipinski definition) is 0. The molecule has 0 heterocycles. The van der Waals surface area contributed by atoms with Crippen molar-refractivity contribution in [3.8, 4) is 0 Å². The highest BCUT2D eigenvalue weighted by Gasteiger charge is 2.32. The summed E-state index contributed by atoms with van der Waals surface area (Å²) in [6.07, 6.45) is -0.564. The molecule has 0 atom stereocenters. The van der Waals surface area contributed by atoms with Gasteiger partial charge in [-0.3, -0.25) is 0 Å². The fourth-order valence-electron chi connectivity index (χ4n) is 0.956. The summed E-state index contributed by atoms with van der Waals surface area (Å²) in [5, 5.41) is 0. The first-order valence-electron chi connectivity index (χ1n) is 4.59. The average molecular weight is 208 g/mol. The van der Waals surface area contributed by atoms with Gasteiger partial charge in [0.1, 0.15) is 5.76 Å². The summed E-state index contributed by atoms with van der Waals surface area (Å²) in [7, 11) is 0. The molecule has 14 heavy (non-hydrogen) atoms. The van der Waals surface area contributed by atoms with E-state index in [-0.39, 0.29) is 5.76 Å². The van der Waals surface area contributed by atoms with E-state index < -0.39 is 6.36 Å². The first-order valence-corrected chi connectivity index (χ1v) is 4.59. The van der Waals surface area contributed by atoms with Crippen LogP contribution in [0.1, 0.15) is 33.6 Å². The van der Waals surface area contributed by atoms with Crippen LogP contribution in [-0.2, 0) is 4.74 Å². The second kappa shape index (κ2) is 5.73. The average Bonchev–Trinajstić information content (AvgIpc) is 2.10. The lowest BCUT2D eigenvalue weighted by atomic mass is 10.1. The third kappa shape index (κ3) is 5.67. The highest BCUT2D eigenvalue weighted by atomic mass is 19.4. The molecule has 1 aliphatic rings. The fourth-order valence-corrected chi connectivity index (χ4v) is 0.956. The molecule has 0 aliphatic heterocycles. The molecule has 0 aromatic carbocycles. The van der Waals surface area contributed by atoms with Crippen LogP contribution < -0.4 is 0 Å². The van der Waals surface area contributed by atoms with E-state index in [4.69, 9.17) is 0 Å². The minimum atomic E-state index is -4.55. The number of allylic oxidation sites excluding steroid dienone is 4. The topological polar surface area (TPSA) is 9.23 Å².